The SMILES string of the molecule is NCCCN(CCN)C(=O)C[C@H](N)C(=O)N[C@@H](CCc1ccccc1)C(=O)Cc1cnc2ccccc2c1. The number of rotatable bonds is 15. The predicted octanol–water partition coefficient (Wildman–Crippen LogP) is 1.32. The zero-order valence-electron chi connectivity index (χ0n) is 21.7. The van der Waals surface area contributed by atoms with Crippen molar-refractivity contribution in [2.24, 2.45) is 17.2 Å². The molecule has 1 heterocycles. The lowest BCUT2D eigenvalue weighted by Crippen LogP contribution is -2.51. The van der Waals surface area contributed by atoms with Gasteiger partial charge in [-0.25, -0.2) is 0 Å². The molecule has 0 unspecified atom stereocenters. The van der Waals surface area contributed by atoms with Gasteiger partial charge in [-0.3, -0.25) is 19.4 Å². The Hall–Kier alpha value is -3.66. The average molecular weight is 519 g/mol. The number of fused-ring (bicyclic) bond motifs is 1. The fraction of sp³-hybridized carbons (Fsp3) is 0.379. The Morgan fingerprint density at radius 1 is 0.921 bits per heavy atom. The number of carbonyl (C=O) groups is 3. The van der Waals surface area contributed by atoms with Crippen molar-refractivity contribution in [3.05, 3.63) is 78.0 Å². The highest BCUT2D eigenvalue weighted by Gasteiger charge is 2.26. The molecule has 0 radical (unpaired) electrons. The van der Waals surface area contributed by atoms with Gasteiger partial charge in [0.1, 0.15) is 0 Å². The second kappa shape index (κ2) is 14.9. The molecule has 38 heavy (non-hydrogen) atoms. The fourth-order valence-electron chi connectivity index (χ4n) is 4.29. The summed E-state index contributed by atoms with van der Waals surface area (Å²) in [6, 6.07) is 17.6. The highest BCUT2D eigenvalue weighted by molar-refractivity contribution is 5.94. The summed E-state index contributed by atoms with van der Waals surface area (Å²) in [6.07, 6.45) is 3.28. The summed E-state index contributed by atoms with van der Waals surface area (Å²) in [6.45, 7) is 1.57. The minimum Gasteiger partial charge on any atom is -0.345 e. The van der Waals surface area contributed by atoms with Gasteiger partial charge in [0.2, 0.25) is 11.8 Å². The van der Waals surface area contributed by atoms with E-state index in [9.17, 15) is 14.4 Å². The van der Waals surface area contributed by atoms with Gasteiger partial charge < -0.3 is 27.4 Å². The minimum atomic E-state index is -1.09. The van der Waals surface area contributed by atoms with Crippen LogP contribution in [0.1, 0.15) is 30.4 Å². The fourth-order valence-corrected chi connectivity index (χ4v) is 4.29. The number of Topliss-reactive ketones (excluding diaryl/α,β-unsaturated/α-hetero) is 1. The van der Waals surface area contributed by atoms with Gasteiger partial charge in [-0.1, -0.05) is 48.5 Å². The molecule has 0 aliphatic heterocycles. The van der Waals surface area contributed by atoms with Crippen LogP contribution in [0.25, 0.3) is 10.9 Å². The van der Waals surface area contributed by atoms with E-state index in [1.807, 2.05) is 60.7 Å². The first kappa shape index (κ1) is 28.9. The maximum Gasteiger partial charge on any atom is 0.238 e. The molecule has 7 N–H and O–H groups in total. The summed E-state index contributed by atoms with van der Waals surface area (Å²) >= 11 is 0. The number of benzene rings is 2. The van der Waals surface area contributed by atoms with E-state index in [4.69, 9.17) is 17.2 Å². The molecule has 0 spiro atoms. The lowest BCUT2D eigenvalue weighted by Gasteiger charge is -2.24. The first-order valence-corrected chi connectivity index (χ1v) is 13.1. The van der Waals surface area contributed by atoms with Crippen LogP contribution in [0.5, 0.6) is 0 Å². The largest absolute Gasteiger partial charge is 0.345 e. The van der Waals surface area contributed by atoms with Crippen molar-refractivity contribution < 1.29 is 14.4 Å². The van der Waals surface area contributed by atoms with Crippen molar-refractivity contribution in [2.45, 2.75) is 44.2 Å². The van der Waals surface area contributed by atoms with Crippen LogP contribution in [0.4, 0.5) is 0 Å². The van der Waals surface area contributed by atoms with Gasteiger partial charge in [0.05, 0.1) is 24.0 Å². The van der Waals surface area contributed by atoms with Crippen molar-refractivity contribution >= 4 is 28.5 Å². The number of hydrogen-bond donors (Lipinski definition) is 4. The van der Waals surface area contributed by atoms with Gasteiger partial charge in [-0.05, 0) is 49.1 Å². The standard InChI is InChI=1S/C29H38N6O3/c30-13-6-15-35(16-14-31)28(37)19-24(32)29(38)34-26(12-11-21-7-2-1-3-8-21)27(36)18-22-17-23-9-4-5-10-25(23)33-20-22/h1-5,7-10,17,20,24,26H,6,11-16,18-19,30-32H2,(H,34,38)/t24-,26-/m0/s1. The van der Waals surface area contributed by atoms with Crippen molar-refractivity contribution in [1.82, 2.24) is 15.2 Å². The zero-order valence-corrected chi connectivity index (χ0v) is 21.7. The molecule has 0 saturated carbocycles. The molecule has 3 rings (SSSR count). The van der Waals surface area contributed by atoms with Crippen molar-refractivity contribution in [3.63, 3.8) is 0 Å². The monoisotopic (exact) mass is 518 g/mol. The Labute approximate surface area is 223 Å². The molecule has 0 fully saturated rings. The smallest absolute Gasteiger partial charge is 0.238 e. The van der Waals surface area contributed by atoms with Crippen LogP contribution in [0.3, 0.4) is 0 Å². The molecule has 202 valence electrons. The third-order valence-electron chi connectivity index (χ3n) is 6.41. The Bertz CT molecular complexity index is 1200. The Morgan fingerprint density at radius 3 is 2.39 bits per heavy atom. The Balaban J connectivity index is 1.68. The summed E-state index contributed by atoms with van der Waals surface area (Å²) in [5.74, 6) is -0.938. The van der Waals surface area contributed by atoms with Gasteiger partial charge >= 0.3 is 0 Å². The second-order valence-corrected chi connectivity index (χ2v) is 9.39. The Morgan fingerprint density at radius 2 is 1.66 bits per heavy atom. The van der Waals surface area contributed by atoms with E-state index in [0.29, 0.717) is 45.4 Å². The third-order valence-corrected chi connectivity index (χ3v) is 6.41. The molecule has 0 aliphatic carbocycles. The Kier molecular flexibility index (Phi) is 11.4. The molecular formula is C29H38N6O3. The zero-order chi connectivity index (χ0) is 27.3. The summed E-state index contributed by atoms with van der Waals surface area (Å²) in [5.41, 5.74) is 20.0. The highest BCUT2D eigenvalue weighted by Crippen LogP contribution is 2.15. The predicted molar refractivity (Wildman–Crippen MR) is 149 cm³/mol. The molecular weight excluding hydrogens is 480 g/mol. The first-order valence-electron chi connectivity index (χ1n) is 13.1. The summed E-state index contributed by atoms with van der Waals surface area (Å²) in [4.78, 5) is 45.1. The number of hydrogen-bond acceptors (Lipinski definition) is 7. The average Bonchev–Trinajstić information content (AvgIpc) is 2.93. The van der Waals surface area contributed by atoms with Gasteiger partial charge in [0.15, 0.2) is 5.78 Å². The molecule has 9 nitrogen and oxygen atoms in total. The third kappa shape index (κ3) is 8.72. The first-order chi connectivity index (χ1) is 18.4. The molecule has 3 aromatic rings. The number of nitrogens with one attached hydrogen (secondary N) is 1. The van der Waals surface area contributed by atoms with E-state index < -0.39 is 18.0 Å². The molecule has 2 amide bonds. The van der Waals surface area contributed by atoms with Crippen LogP contribution >= 0.6 is 0 Å². The quantitative estimate of drug-likeness (QED) is 0.236. The lowest BCUT2D eigenvalue weighted by atomic mass is 9.97. The summed E-state index contributed by atoms with van der Waals surface area (Å²) in [5, 5.41) is 3.76. The van der Waals surface area contributed by atoms with Gasteiger partial charge in [-0.2, -0.15) is 0 Å². The number of carbonyl (C=O) groups excluding carboxylic acids is 3. The van der Waals surface area contributed by atoms with Crippen LogP contribution < -0.4 is 22.5 Å². The molecule has 0 aliphatic rings. The number of nitrogens with zero attached hydrogens (tertiary/aromatic N) is 2. The van der Waals surface area contributed by atoms with Crippen LogP contribution in [-0.4, -0.2) is 65.7 Å². The summed E-state index contributed by atoms with van der Waals surface area (Å²) in [7, 11) is 0. The number of ketones is 1. The van der Waals surface area contributed by atoms with Crippen LogP contribution in [0.2, 0.25) is 0 Å². The van der Waals surface area contributed by atoms with Gasteiger partial charge in [0, 0.05) is 37.6 Å². The number of pyridine rings is 1. The number of amides is 2. The van der Waals surface area contributed by atoms with Crippen molar-refractivity contribution in [2.75, 3.05) is 26.2 Å². The number of para-hydroxylation sites is 1. The van der Waals surface area contributed by atoms with Gasteiger partial charge in [-0.15, -0.1) is 0 Å². The summed E-state index contributed by atoms with van der Waals surface area (Å²) < 4.78 is 0. The van der Waals surface area contributed by atoms with E-state index in [2.05, 4.69) is 10.3 Å². The normalized spacial score (nSPS) is 12.6. The maximum atomic E-state index is 13.4. The second-order valence-electron chi connectivity index (χ2n) is 9.39. The minimum absolute atomic E-state index is 0.120. The van der Waals surface area contributed by atoms with E-state index >= 15 is 0 Å². The molecule has 0 bridgehead atoms. The highest BCUT2D eigenvalue weighted by atomic mass is 16.2. The van der Waals surface area contributed by atoms with Crippen molar-refractivity contribution in [1.29, 1.82) is 0 Å². The molecule has 2 atom stereocenters. The van der Waals surface area contributed by atoms with Crippen molar-refractivity contribution in [3.8, 4) is 0 Å². The van der Waals surface area contributed by atoms with Crippen LogP contribution in [0.15, 0.2) is 66.9 Å². The number of aromatic nitrogens is 1. The number of nitrogens with two attached hydrogens (primary N) is 3. The van der Waals surface area contributed by atoms with E-state index in [1.165, 1.54) is 0 Å². The molecule has 2 aromatic carbocycles. The van der Waals surface area contributed by atoms with Crippen LogP contribution in [0, 0.1) is 0 Å². The number of aryl methyl sites for hydroxylation is 1. The maximum absolute atomic E-state index is 13.4. The molecule has 1 aromatic heterocycles. The van der Waals surface area contributed by atoms with E-state index in [-0.39, 0.29) is 24.5 Å². The molecule has 9 heteroatoms. The van der Waals surface area contributed by atoms with E-state index in [0.717, 1.165) is 22.0 Å². The topological polar surface area (TPSA) is 157 Å². The van der Waals surface area contributed by atoms with Crippen LogP contribution in [-0.2, 0) is 27.2 Å². The van der Waals surface area contributed by atoms with E-state index in [1.54, 1.807) is 11.1 Å². The molecule has 0 saturated heterocycles. The lowest BCUT2D eigenvalue weighted by molar-refractivity contribution is -0.135. The van der Waals surface area contributed by atoms with Gasteiger partial charge in [0.25, 0.3) is 0 Å².